The van der Waals surface area contributed by atoms with Crippen LogP contribution in [-0.2, 0) is 32.1 Å². The zero-order valence-electron chi connectivity index (χ0n) is 23.1. The summed E-state index contributed by atoms with van der Waals surface area (Å²) in [5.74, 6) is 0.532. The molecule has 1 fully saturated rings. The number of aromatic nitrogens is 3. The summed E-state index contributed by atoms with van der Waals surface area (Å²) in [6.45, 7) is 0.0211. The van der Waals surface area contributed by atoms with Gasteiger partial charge < -0.3 is 14.8 Å². The Hall–Kier alpha value is -4.55. The summed E-state index contributed by atoms with van der Waals surface area (Å²) < 4.78 is 12.6. The van der Waals surface area contributed by atoms with Gasteiger partial charge in [-0.2, -0.15) is 5.10 Å². The van der Waals surface area contributed by atoms with Gasteiger partial charge in [-0.3, -0.25) is 14.5 Å². The monoisotopic (exact) mass is 613 g/mol. The van der Waals surface area contributed by atoms with Crippen molar-refractivity contribution in [3.05, 3.63) is 113 Å². The number of fused-ring (bicyclic) bond motifs is 1. The first-order chi connectivity index (χ1) is 21.0. The predicted octanol–water partition coefficient (Wildman–Crippen LogP) is 3.97. The molecule has 4 aromatic rings. The molecule has 0 unspecified atom stereocenters. The van der Waals surface area contributed by atoms with Crippen molar-refractivity contribution in [2.24, 2.45) is 0 Å². The van der Waals surface area contributed by atoms with Crippen LogP contribution in [0, 0.1) is 0 Å². The molecule has 0 radical (unpaired) electrons. The lowest BCUT2D eigenvalue weighted by molar-refractivity contribution is -0.153. The summed E-state index contributed by atoms with van der Waals surface area (Å²) in [4.78, 5) is 46.4. The van der Waals surface area contributed by atoms with Crippen molar-refractivity contribution < 1.29 is 23.9 Å². The Morgan fingerprint density at radius 3 is 2.53 bits per heavy atom. The molecule has 218 valence electrons. The van der Waals surface area contributed by atoms with Crippen molar-refractivity contribution in [1.82, 2.24) is 25.0 Å². The minimum Gasteiger partial charge on any atom is -0.497 e. The van der Waals surface area contributed by atoms with E-state index in [0.717, 1.165) is 16.2 Å². The van der Waals surface area contributed by atoms with E-state index in [4.69, 9.17) is 9.47 Å². The van der Waals surface area contributed by atoms with Gasteiger partial charge in [0.25, 0.3) is 5.91 Å². The van der Waals surface area contributed by atoms with Gasteiger partial charge in [0.1, 0.15) is 34.5 Å². The molecule has 2 amide bonds. The van der Waals surface area contributed by atoms with Crippen molar-refractivity contribution in [2.45, 2.75) is 29.5 Å². The molecular formula is C31H27N5O5S2. The summed E-state index contributed by atoms with van der Waals surface area (Å²) in [5.41, 5.74) is 1.81. The highest BCUT2D eigenvalue weighted by atomic mass is 32.2. The Labute approximate surface area is 256 Å². The highest BCUT2D eigenvalue weighted by Gasteiger charge is 2.54. The number of hydrogen-bond donors (Lipinski definition) is 1. The van der Waals surface area contributed by atoms with Crippen LogP contribution in [0.1, 0.15) is 11.1 Å². The molecule has 43 heavy (non-hydrogen) atoms. The van der Waals surface area contributed by atoms with Crippen molar-refractivity contribution in [3.8, 4) is 11.6 Å². The lowest BCUT2D eigenvalue weighted by Gasteiger charge is -2.49. The van der Waals surface area contributed by atoms with E-state index in [1.54, 1.807) is 36.3 Å². The number of methoxy groups -OCH3 is 1. The second-order valence-electron chi connectivity index (χ2n) is 9.68. The maximum Gasteiger partial charge on any atom is 0.356 e. The van der Waals surface area contributed by atoms with Crippen LogP contribution in [0.3, 0.4) is 0 Å². The first-order valence-corrected chi connectivity index (χ1v) is 15.3. The van der Waals surface area contributed by atoms with E-state index >= 15 is 0 Å². The zero-order valence-corrected chi connectivity index (χ0v) is 24.7. The molecule has 6 rings (SSSR count). The molecule has 2 aliphatic rings. The third kappa shape index (κ3) is 6.15. The van der Waals surface area contributed by atoms with Gasteiger partial charge in [-0.05, 0) is 41.5 Å². The number of thioether (sulfide) groups is 2. The summed E-state index contributed by atoms with van der Waals surface area (Å²) in [6.07, 6.45) is 3.50. The van der Waals surface area contributed by atoms with E-state index in [2.05, 4.69) is 15.4 Å². The van der Waals surface area contributed by atoms with Crippen LogP contribution in [0.5, 0.6) is 5.75 Å². The lowest BCUT2D eigenvalue weighted by Crippen LogP contribution is -2.70. The fourth-order valence-electron chi connectivity index (χ4n) is 4.75. The van der Waals surface area contributed by atoms with Gasteiger partial charge in [-0.1, -0.05) is 60.3 Å². The first kappa shape index (κ1) is 28.6. The number of pyridine rings is 1. The maximum atomic E-state index is 13.7. The zero-order chi connectivity index (χ0) is 29.8. The maximum absolute atomic E-state index is 13.7. The summed E-state index contributed by atoms with van der Waals surface area (Å²) >= 11 is 2.82. The summed E-state index contributed by atoms with van der Waals surface area (Å²) in [6, 6.07) is 23.2. The number of nitrogens with one attached hydrogen (secondary N) is 1. The number of β-lactam (4-membered cyclic amide) rings is 1. The third-order valence-electron chi connectivity index (χ3n) is 6.88. The van der Waals surface area contributed by atoms with E-state index in [0.29, 0.717) is 22.2 Å². The van der Waals surface area contributed by atoms with Crippen molar-refractivity contribution in [3.63, 3.8) is 0 Å². The molecule has 2 atom stereocenters. The molecule has 2 aromatic carbocycles. The predicted molar refractivity (Wildman–Crippen MR) is 162 cm³/mol. The van der Waals surface area contributed by atoms with Crippen LogP contribution in [0.25, 0.3) is 5.82 Å². The number of ether oxygens (including phenoxy) is 2. The smallest absolute Gasteiger partial charge is 0.356 e. The Morgan fingerprint density at radius 1 is 1.00 bits per heavy atom. The lowest BCUT2D eigenvalue weighted by atomic mass is 10.0. The molecule has 0 spiro atoms. The molecule has 12 heteroatoms. The quantitative estimate of drug-likeness (QED) is 0.210. The molecule has 1 N–H and O–H groups in total. The van der Waals surface area contributed by atoms with E-state index in [1.807, 2.05) is 66.7 Å². The average Bonchev–Trinajstić information content (AvgIpc) is 3.51. The molecule has 1 saturated heterocycles. The van der Waals surface area contributed by atoms with E-state index in [9.17, 15) is 14.4 Å². The second-order valence-corrected chi connectivity index (χ2v) is 11.9. The Morgan fingerprint density at radius 2 is 1.79 bits per heavy atom. The van der Waals surface area contributed by atoms with Crippen molar-refractivity contribution in [1.29, 1.82) is 0 Å². The largest absolute Gasteiger partial charge is 0.497 e. The number of rotatable bonds is 10. The van der Waals surface area contributed by atoms with Crippen LogP contribution in [-0.4, -0.2) is 61.7 Å². The Kier molecular flexibility index (Phi) is 8.47. The SMILES string of the molecule is COc1ccc(COC(=O)C2=C(Sc3ccnn3-c3ccccn3)CS[C@@H]3[C@H](NC(=O)Cc4ccccc4)C(=O)N23)cc1. The highest BCUT2D eigenvalue weighted by Crippen LogP contribution is 2.45. The van der Waals surface area contributed by atoms with Crippen LogP contribution in [0.2, 0.25) is 0 Å². The summed E-state index contributed by atoms with van der Waals surface area (Å²) in [5, 5.41) is 7.57. The minimum absolute atomic E-state index is 0.0211. The van der Waals surface area contributed by atoms with Gasteiger partial charge in [0, 0.05) is 16.9 Å². The minimum atomic E-state index is -0.740. The molecular weight excluding hydrogens is 587 g/mol. The van der Waals surface area contributed by atoms with E-state index < -0.39 is 17.4 Å². The standard InChI is InChI=1S/C31H27N5O5S2/c1-40-22-12-10-21(11-13-22)18-41-31(39)28-23(43-26-14-16-33-36(26)24-9-5-6-15-32-24)19-42-30-27(29(38)35(28)30)34-25(37)17-20-7-3-2-4-8-20/h2-16,27,30H,17-19H2,1H3,(H,34,37)/t27-,30-/m1/s1. The second kappa shape index (κ2) is 12.8. The topological polar surface area (TPSA) is 116 Å². The molecule has 0 bridgehead atoms. The number of benzene rings is 2. The molecule has 2 aromatic heterocycles. The number of carbonyl (C=O) groups excluding carboxylic acids is 3. The summed E-state index contributed by atoms with van der Waals surface area (Å²) in [7, 11) is 1.58. The fourth-order valence-corrected chi connectivity index (χ4v) is 7.27. The van der Waals surface area contributed by atoms with E-state index in [-0.39, 0.29) is 30.5 Å². The van der Waals surface area contributed by atoms with Gasteiger partial charge in [-0.15, -0.1) is 11.8 Å². The van der Waals surface area contributed by atoms with Crippen LogP contribution in [0.4, 0.5) is 0 Å². The first-order valence-electron chi connectivity index (χ1n) is 13.5. The highest BCUT2D eigenvalue weighted by molar-refractivity contribution is 8.06. The van der Waals surface area contributed by atoms with Gasteiger partial charge in [0.15, 0.2) is 5.82 Å². The van der Waals surface area contributed by atoms with Crippen molar-refractivity contribution in [2.75, 3.05) is 12.9 Å². The molecule has 2 aliphatic heterocycles. The van der Waals surface area contributed by atoms with E-state index in [1.165, 1.54) is 28.4 Å². The number of amides is 2. The number of hydrogen-bond acceptors (Lipinski definition) is 9. The molecule has 0 aliphatic carbocycles. The number of esters is 1. The molecule has 0 saturated carbocycles. The van der Waals surface area contributed by atoms with Crippen LogP contribution < -0.4 is 10.1 Å². The normalized spacial score (nSPS) is 17.6. The number of nitrogens with zero attached hydrogens (tertiary/aromatic N) is 4. The van der Waals surface area contributed by atoms with Crippen LogP contribution >= 0.6 is 23.5 Å². The molecule has 10 nitrogen and oxygen atoms in total. The van der Waals surface area contributed by atoms with Crippen molar-refractivity contribution >= 4 is 41.3 Å². The van der Waals surface area contributed by atoms with Gasteiger partial charge in [0.05, 0.1) is 19.7 Å². The average molecular weight is 614 g/mol. The molecule has 4 heterocycles. The van der Waals surface area contributed by atoms with Gasteiger partial charge >= 0.3 is 5.97 Å². The van der Waals surface area contributed by atoms with Gasteiger partial charge in [-0.25, -0.2) is 14.5 Å². The van der Waals surface area contributed by atoms with Crippen LogP contribution in [0.15, 0.2) is 107 Å². The fraction of sp³-hybridized carbons (Fsp3) is 0.194. The Balaban J connectivity index is 1.24. The van der Waals surface area contributed by atoms with Gasteiger partial charge in [0.2, 0.25) is 5.91 Å². The number of carbonyl (C=O) groups is 3. The Bertz CT molecular complexity index is 1660. The third-order valence-corrected chi connectivity index (χ3v) is 9.45.